The average Bonchev–Trinajstić information content (AvgIpc) is 3.26. The molecule has 6 nitrogen and oxygen atoms in total. The van der Waals surface area contributed by atoms with Gasteiger partial charge in [0, 0.05) is 6.54 Å². The fourth-order valence-corrected chi connectivity index (χ4v) is 4.62. The van der Waals surface area contributed by atoms with E-state index in [1.54, 1.807) is 0 Å². The highest BCUT2D eigenvalue weighted by molar-refractivity contribution is 7.88. The number of nitrogens with zero attached hydrogens (tertiary/aromatic N) is 3. The maximum absolute atomic E-state index is 12.8. The fourth-order valence-electron chi connectivity index (χ4n) is 2.41. The fraction of sp³-hybridized carbons (Fsp3) is 0.294. The van der Waals surface area contributed by atoms with Crippen LogP contribution in [0.2, 0.25) is 0 Å². The lowest BCUT2D eigenvalue weighted by Gasteiger charge is -2.19. The zero-order valence-electron chi connectivity index (χ0n) is 13.8. The second-order valence-electron chi connectivity index (χ2n) is 5.55. The summed E-state index contributed by atoms with van der Waals surface area (Å²) < 4.78 is 32.6. The van der Waals surface area contributed by atoms with Gasteiger partial charge in [-0.3, -0.25) is 0 Å². The highest BCUT2D eigenvalue weighted by Gasteiger charge is 2.24. The van der Waals surface area contributed by atoms with Gasteiger partial charge in [-0.15, -0.1) is 21.5 Å². The summed E-state index contributed by atoms with van der Waals surface area (Å²) in [5.41, 5.74) is 0.758. The van der Waals surface area contributed by atoms with E-state index in [-0.39, 0.29) is 12.3 Å². The molecule has 0 saturated carbocycles. The number of hydrogen-bond donors (Lipinski definition) is 0. The van der Waals surface area contributed by atoms with Crippen LogP contribution in [0.15, 0.2) is 52.3 Å². The van der Waals surface area contributed by atoms with E-state index in [0.29, 0.717) is 24.7 Å². The van der Waals surface area contributed by atoms with E-state index in [0.717, 1.165) is 10.4 Å². The Bertz CT molecular complexity index is 890. The van der Waals surface area contributed by atoms with E-state index in [1.807, 2.05) is 54.8 Å². The topological polar surface area (TPSA) is 76.3 Å². The van der Waals surface area contributed by atoms with Crippen molar-refractivity contribution < 1.29 is 12.8 Å². The quantitative estimate of drug-likeness (QED) is 0.600. The van der Waals surface area contributed by atoms with Gasteiger partial charge in [0.05, 0.1) is 17.2 Å². The van der Waals surface area contributed by atoms with E-state index < -0.39 is 10.0 Å². The second kappa shape index (κ2) is 7.90. The van der Waals surface area contributed by atoms with Gasteiger partial charge in [-0.05, 0) is 23.4 Å². The molecule has 0 fully saturated rings. The molecule has 2 aromatic heterocycles. The van der Waals surface area contributed by atoms with E-state index in [9.17, 15) is 8.42 Å². The van der Waals surface area contributed by atoms with Crippen LogP contribution < -0.4 is 0 Å². The van der Waals surface area contributed by atoms with Gasteiger partial charge in [0.25, 0.3) is 5.89 Å². The van der Waals surface area contributed by atoms with Gasteiger partial charge >= 0.3 is 0 Å². The molecule has 3 aromatic rings. The van der Waals surface area contributed by atoms with Crippen molar-refractivity contribution in [1.29, 1.82) is 0 Å². The first kappa shape index (κ1) is 17.8. The number of thiophene rings is 1. The van der Waals surface area contributed by atoms with Crippen LogP contribution in [-0.2, 0) is 22.3 Å². The number of benzene rings is 1. The van der Waals surface area contributed by atoms with Crippen LogP contribution in [0.25, 0.3) is 10.8 Å². The smallest absolute Gasteiger partial charge is 0.257 e. The Kier molecular flexibility index (Phi) is 5.62. The third kappa shape index (κ3) is 4.53. The summed E-state index contributed by atoms with van der Waals surface area (Å²) in [6, 6.07) is 12.9. The first-order valence-corrected chi connectivity index (χ1v) is 10.5. The molecule has 0 spiro atoms. The largest absolute Gasteiger partial charge is 0.418 e. The zero-order valence-corrected chi connectivity index (χ0v) is 15.5. The Labute approximate surface area is 151 Å². The molecule has 25 heavy (non-hydrogen) atoms. The van der Waals surface area contributed by atoms with Crippen LogP contribution in [0.5, 0.6) is 0 Å². The van der Waals surface area contributed by atoms with Crippen molar-refractivity contribution in [3.05, 3.63) is 59.3 Å². The molecule has 0 atom stereocenters. The first-order chi connectivity index (χ1) is 12.1. The summed E-state index contributed by atoms with van der Waals surface area (Å²) >= 11 is 1.50. The van der Waals surface area contributed by atoms with Crippen molar-refractivity contribution in [2.45, 2.75) is 25.6 Å². The van der Waals surface area contributed by atoms with Gasteiger partial charge in [0.15, 0.2) is 0 Å². The zero-order chi connectivity index (χ0) is 17.7. The highest BCUT2D eigenvalue weighted by atomic mass is 32.2. The maximum atomic E-state index is 12.8. The molecule has 2 heterocycles. The van der Waals surface area contributed by atoms with Crippen molar-refractivity contribution in [2.24, 2.45) is 0 Å². The summed E-state index contributed by atoms with van der Waals surface area (Å²) in [4.78, 5) is 0.868. The maximum Gasteiger partial charge on any atom is 0.257 e. The van der Waals surface area contributed by atoms with E-state index in [4.69, 9.17) is 4.42 Å². The molecule has 132 valence electrons. The summed E-state index contributed by atoms with van der Waals surface area (Å²) in [7, 11) is -3.47. The number of rotatable bonds is 8. The SMILES string of the molecule is CCCN(Cc1nnc(-c2cccs2)o1)S(=O)(=O)Cc1ccccc1. The number of aromatic nitrogens is 2. The lowest BCUT2D eigenvalue weighted by Crippen LogP contribution is -2.32. The Morgan fingerprint density at radius 3 is 2.60 bits per heavy atom. The molecule has 1 aromatic carbocycles. The van der Waals surface area contributed by atoms with E-state index >= 15 is 0 Å². The summed E-state index contributed by atoms with van der Waals surface area (Å²) in [6.45, 7) is 2.43. The minimum absolute atomic E-state index is 0.0419. The van der Waals surface area contributed by atoms with Crippen molar-refractivity contribution in [1.82, 2.24) is 14.5 Å². The van der Waals surface area contributed by atoms with Gasteiger partial charge in [-0.25, -0.2) is 8.42 Å². The second-order valence-corrected chi connectivity index (χ2v) is 8.47. The van der Waals surface area contributed by atoms with Gasteiger partial charge in [-0.1, -0.05) is 43.3 Å². The number of hydrogen-bond acceptors (Lipinski definition) is 6. The molecular formula is C17H19N3O3S2. The van der Waals surface area contributed by atoms with Gasteiger partial charge < -0.3 is 4.42 Å². The Morgan fingerprint density at radius 2 is 1.92 bits per heavy atom. The monoisotopic (exact) mass is 377 g/mol. The molecule has 0 aliphatic heterocycles. The predicted octanol–water partition coefficient (Wildman–Crippen LogP) is 3.54. The lowest BCUT2D eigenvalue weighted by molar-refractivity contribution is 0.357. The third-order valence-corrected chi connectivity index (χ3v) is 6.22. The highest BCUT2D eigenvalue weighted by Crippen LogP contribution is 2.24. The van der Waals surface area contributed by atoms with Crippen LogP contribution in [0, 0.1) is 0 Å². The van der Waals surface area contributed by atoms with Crippen LogP contribution >= 0.6 is 11.3 Å². The molecule has 0 aliphatic carbocycles. The summed E-state index contributed by atoms with van der Waals surface area (Å²) in [6.07, 6.45) is 0.708. The van der Waals surface area contributed by atoms with Crippen molar-refractivity contribution in [3.8, 4) is 10.8 Å². The van der Waals surface area contributed by atoms with Gasteiger partial charge in [0.2, 0.25) is 15.9 Å². The van der Waals surface area contributed by atoms with Crippen LogP contribution in [-0.4, -0.2) is 29.5 Å². The van der Waals surface area contributed by atoms with Crippen LogP contribution in [0.3, 0.4) is 0 Å². The van der Waals surface area contributed by atoms with E-state index in [1.165, 1.54) is 15.6 Å². The molecule has 0 unspecified atom stereocenters. The molecular weight excluding hydrogens is 358 g/mol. The molecule has 0 N–H and O–H groups in total. The molecule has 0 amide bonds. The molecule has 0 radical (unpaired) electrons. The first-order valence-electron chi connectivity index (χ1n) is 7.96. The standard InChI is InChI=1S/C17H19N3O3S2/c1-2-10-20(25(21,22)13-14-7-4-3-5-8-14)12-16-18-19-17(23-16)15-9-6-11-24-15/h3-9,11H,2,10,12-13H2,1H3. The average molecular weight is 377 g/mol. The minimum atomic E-state index is -3.47. The van der Waals surface area contributed by atoms with Gasteiger partial charge in [-0.2, -0.15) is 4.31 Å². The Balaban J connectivity index is 1.76. The summed E-state index contributed by atoms with van der Waals surface area (Å²) in [5.74, 6) is 0.676. The van der Waals surface area contributed by atoms with Crippen LogP contribution in [0.1, 0.15) is 24.8 Å². The van der Waals surface area contributed by atoms with Crippen LogP contribution in [0.4, 0.5) is 0 Å². The molecule has 0 aliphatic rings. The third-order valence-electron chi connectivity index (χ3n) is 3.57. The molecule has 0 saturated heterocycles. The summed E-state index contributed by atoms with van der Waals surface area (Å²) in [5, 5.41) is 9.93. The van der Waals surface area contributed by atoms with Crippen molar-refractivity contribution >= 4 is 21.4 Å². The molecule has 3 rings (SSSR count). The normalized spacial score (nSPS) is 11.9. The number of sulfonamides is 1. The van der Waals surface area contributed by atoms with Crippen molar-refractivity contribution in [2.75, 3.05) is 6.54 Å². The predicted molar refractivity (Wildman–Crippen MR) is 97.4 cm³/mol. The van der Waals surface area contributed by atoms with Crippen molar-refractivity contribution in [3.63, 3.8) is 0 Å². The Morgan fingerprint density at radius 1 is 1.12 bits per heavy atom. The van der Waals surface area contributed by atoms with Gasteiger partial charge in [0.1, 0.15) is 0 Å². The molecule has 0 bridgehead atoms. The Hall–Kier alpha value is -2.03. The lowest BCUT2D eigenvalue weighted by atomic mass is 10.2. The van der Waals surface area contributed by atoms with E-state index in [2.05, 4.69) is 10.2 Å². The minimum Gasteiger partial charge on any atom is -0.418 e. The molecule has 8 heteroatoms.